The van der Waals surface area contributed by atoms with Crippen LogP contribution in [0.15, 0.2) is 18.2 Å². The first-order valence-electron chi connectivity index (χ1n) is 8.12. The van der Waals surface area contributed by atoms with Gasteiger partial charge in [-0.05, 0) is 38.3 Å². The van der Waals surface area contributed by atoms with Crippen molar-refractivity contribution >= 4 is 23.5 Å². The van der Waals surface area contributed by atoms with Gasteiger partial charge in [-0.25, -0.2) is 4.79 Å². The number of rotatable bonds is 6. The number of amides is 4. The summed E-state index contributed by atoms with van der Waals surface area (Å²) in [5.41, 5.74) is 2.69. The van der Waals surface area contributed by atoms with Crippen molar-refractivity contribution in [1.29, 1.82) is 0 Å². The summed E-state index contributed by atoms with van der Waals surface area (Å²) in [4.78, 5) is 36.2. The number of imide groups is 1. The lowest BCUT2D eigenvalue weighted by molar-refractivity contribution is -0.862. The third kappa shape index (κ3) is 6.00. The van der Waals surface area contributed by atoms with Crippen LogP contribution < -0.4 is 20.9 Å². The fourth-order valence-electron chi connectivity index (χ4n) is 2.40. The number of aryl methyl sites for hydroxylation is 2. The van der Waals surface area contributed by atoms with E-state index in [2.05, 4.69) is 16.0 Å². The standard InChI is InChI=1S/C17H24N4O3/c1-11-4-7-14(12(2)8-11)19-17(24)20-16(23)10-21(3)9-15(22)18-13-5-6-13/h4,7-8,13H,5-6,9-10H2,1-3H3,(H,18,22)(H2,19,20,23,24)/p+1. The SMILES string of the molecule is Cc1ccc(NC(=O)NC(=O)C[NH+](C)CC(=O)NC2CC2)c(C)c1. The van der Waals surface area contributed by atoms with E-state index in [9.17, 15) is 14.4 Å². The van der Waals surface area contributed by atoms with E-state index in [1.165, 1.54) is 0 Å². The van der Waals surface area contributed by atoms with E-state index in [0.29, 0.717) is 11.7 Å². The molecule has 1 aromatic rings. The topological polar surface area (TPSA) is 91.7 Å². The van der Waals surface area contributed by atoms with Gasteiger partial charge in [-0.2, -0.15) is 0 Å². The number of nitrogens with one attached hydrogen (secondary N) is 4. The highest BCUT2D eigenvalue weighted by Gasteiger charge is 2.25. The van der Waals surface area contributed by atoms with Gasteiger partial charge in [-0.15, -0.1) is 0 Å². The first kappa shape index (κ1) is 17.9. The Hall–Kier alpha value is -2.41. The number of urea groups is 1. The number of carbonyl (C=O) groups excluding carboxylic acids is 3. The van der Waals surface area contributed by atoms with E-state index in [1.807, 2.05) is 26.0 Å². The van der Waals surface area contributed by atoms with Crippen molar-refractivity contribution in [2.24, 2.45) is 0 Å². The van der Waals surface area contributed by atoms with Crippen LogP contribution in [0.4, 0.5) is 10.5 Å². The maximum absolute atomic E-state index is 11.9. The average molecular weight is 333 g/mol. The third-order valence-electron chi connectivity index (χ3n) is 3.75. The molecule has 0 aliphatic heterocycles. The molecule has 1 saturated carbocycles. The minimum atomic E-state index is -0.567. The molecule has 130 valence electrons. The summed E-state index contributed by atoms with van der Waals surface area (Å²) in [5.74, 6) is -0.489. The average Bonchev–Trinajstić information content (AvgIpc) is 3.25. The summed E-state index contributed by atoms with van der Waals surface area (Å²) in [6, 6.07) is 5.38. The third-order valence-corrected chi connectivity index (χ3v) is 3.75. The number of carbonyl (C=O) groups is 3. The molecule has 1 aliphatic rings. The Kier molecular flexibility index (Phi) is 5.92. The number of hydrogen-bond acceptors (Lipinski definition) is 3. The number of benzene rings is 1. The predicted molar refractivity (Wildman–Crippen MR) is 90.9 cm³/mol. The molecular formula is C17H25N4O3+. The van der Waals surface area contributed by atoms with Gasteiger partial charge in [-0.3, -0.25) is 14.9 Å². The lowest BCUT2D eigenvalue weighted by Gasteiger charge is -2.14. The van der Waals surface area contributed by atoms with Crippen LogP contribution >= 0.6 is 0 Å². The van der Waals surface area contributed by atoms with Crippen molar-refractivity contribution in [3.8, 4) is 0 Å². The van der Waals surface area contributed by atoms with E-state index in [-0.39, 0.29) is 19.0 Å². The first-order chi connectivity index (χ1) is 11.3. The summed E-state index contributed by atoms with van der Waals surface area (Å²) >= 11 is 0. The normalized spacial score (nSPS) is 14.6. The summed E-state index contributed by atoms with van der Waals surface area (Å²) in [6.45, 7) is 4.13. The van der Waals surface area contributed by atoms with Crippen LogP contribution in [0.3, 0.4) is 0 Å². The van der Waals surface area contributed by atoms with Crippen molar-refractivity contribution in [3.63, 3.8) is 0 Å². The quantitative estimate of drug-likeness (QED) is 0.578. The van der Waals surface area contributed by atoms with Gasteiger partial charge in [0.25, 0.3) is 11.8 Å². The van der Waals surface area contributed by atoms with Gasteiger partial charge >= 0.3 is 6.03 Å². The molecule has 24 heavy (non-hydrogen) atoms. The highest BCUT2D eigenvalue weighted by Crippen LogP contribution is 2.18. The number of quaternary nitrogens is 1. The Bertz CT molecular complexity index is 641. The molecule has 0 spiro atoms. The number of likely N-dealkylation sites (N-methyl/N-ethyl adjacent to an activating group) is 1. The molecule has 0 bridgehead atoms. The van der Waals surface area contributed by atoms with Gasteiger partial charge < -0.3 is 15.5 Å². The molecule has 4 amide bonds. The smallest absolute Gasteiger partial charge is 0.326 e. The van der Waals surface area contributed by atoms with Crippen molar-refractivity contribution in [1.82, 2.24) is 10.6 Å². The summed E-state index contributed by atoms with van der Waals surface area (Å²) in [7, 11) is 1.74. The molecular weight excluding hydrogens is 308 g/mol. The van der Waals surface area contributed by atoms with Crippen LogP contribution in [-0.4, -0.2) is 44.0 Å². The Morgan fingerprint density at radius 1 is 1.12 bits per heavy atom. The Morgan fingerprint density at radius 2 is 1.79 bits per heavy atom. The molecule has 1 aliphatic carbocycles. The second kappa shape index (κ2) is 7.92. The van der Waals surface area contributed by atoms with Crippen molar-refractivity contribution in [2.75, 3.05) is 25.5 Å². The lowest BCUT2D eigenvalue weighted by atomic mass is 10.1. The summed E-state index contributed by atoms with van der Waals surface area (Å²) in [6.07, 6.45) is 2.06. The van der Waals surface area contributed by atoms with Gasteiger partial charge in [0.05, 0.1) is 7.05 Å². The molecule has 7 nitrogen and oxygen atoms in total. The van der Waals surface area contributed by atoms with Gasteiger partial charge in [0.2, 0.25) is 0 Å². The van der Waals surface area contributed by atoms with Gasteiger partial charge in [0, 0.05) is 11.7 Å². The van der Waals surface area contributed by atoms with Crippen LogP contribution in [-0.2, 0) is 9.59 Å². The molecule has 0 saturated heterocycles. The zero-order valence-corrected chi connectivity index (χ0v) is 14.4. The Morgan fingerprint density at radius 3 is 2.42 bits per heavy atom. The van der Waals surface area contributed by atoms with Crippen molar-refractivity contribution in [3.05, 3.63) is 29.3 Å². The number of anilines is 1. The zero-order chi connectivity index (χ0) is 17.7. The molecule has 0 aromatic heterocycles. The minimum absolute atomic E-state index is 0.0540. The summed E-state index contributed by atoms with van der Waals surface area (Å²) in [5, 5.41) is 7.81. The molecule has 0 heterocycles. The fourth-order valence-corrected chi connectivity index (χ4v) is 2.40. The van der Waals surface area contributed by atoms with E-state index in [1.54, 1.807) is 13.1 Å². The van der Waals surface area contributed by atoms with Crippen molar-refractivity contribution in [2.45, 2.75) is 32.7 Å². The highest BCUT2D eigenvalue weighted by molar-refractivity contribution is 6.01. The van der Waals surface area contributed by atoms with Crippen LogP contribution in [0, 0.1) is 13.8 Å². The first-order valence-corrected chi connectivity index (χ1v) is 8.12. The molecule has 1 atom stereocenters. The molecule has 2 rings (SSSR count). The van der Waals surface area contributed by atoms with Gasteiger partial charge in [0.1, 0.15) is 0 Å². The van der Waals surface area contributed by atoms with E-state index in [0.717, 1.165) is 28.9 Å². The largest absolute Gasteiger partial charge is 0.348 e. The van der Waals surface area contributed by atoms with E-state index < -0.39 is 11.9 Å². The van der Waals surface area contributed by atoms with Crippen LogP contribution in [0.5, 0.6) is 0 Å². The van der Waals surface area contributed by atoms with Crippen LogP contribution in [0.25, 0.3) is 0 Å². The summed E-state index contributed by atoms with van der Waals surface area (Å²) < 4.78 is 0. The molecule has 1 aromatic carbocycles. The highest BCUT2D eigenvalue weighted by atomic mass is 16.2. The molecule has 4 N–H and O–H groups in total. The fraction of sp³-hybridized carbons (Fsp3) is 0.471. The van der Waals surface area contributed by atoms with Crippen LogP contribution in [0.1, 0.15) is 24.0 Å². The Labute approximate surface area is 141 Å². The predicted octanol–water partition coefficient (Wildman–Crippen LogP) is -0.255. The maximum atomic E-state index is 11.9. The molecule has 1 fully saturated rings. The Balaban J connectivity index is 1.74. The molecule has 1 unspecified atom stereocenters. The second-order valence-corrected chi connectivity index (χ2v) is 6.47. The van der Waals surface area contributed by atoms with Crippen molar-refractivity contribution < 1.29 is 19.3 Å². The van der Waals surface area contributed by atoms with Crippen LogP contribution in [0.2, 0.25) is 0 Å². The minimum Gasteiger partial charge on any atom is -0.348 e. The zero-order valence-electron chi connectivity index (χ0n) is 14.4. The maximum Gasteiger partial charge on any atom is 0.326 e. The second-order valence-electron chi connectivity index (χ2n) is 6.47. The number of hydrogen-bond donors (Lipinski definition) is 4. The van der Waals surface area contributed by atoms with E-state index >= 15 is 0 Å². The monoisotopic (exact) mass is 333 g/mol. The van der Waals surface area contributed by atoms with Gasteiger partial charge in [0.15, 0.2) is 13.1 Å². The molecule has 7 heteroatoms. The van der Waals surface area contributed by atoms with E-state index in [4.69, 9.17) is 0 Å². The molecule has 0 radical (unpaired) electrons. The lowest BCUT2D eigenvalue weighted by Crippen LogP contribution is -3.11. The van der Waals surface area contributed by atoms with Gasteiger partial charge in [-0.1, -0.05) is 17.7 Å².